The van der Waals surface area contributed by atoms with Gasteiger partial charge in [-0.25, -0.2) is 4.79 Å². The van der Waals surface area contributed by atoms with Gasteiger partial charge < -0.3 is 14.2 Å². The Morgan fingerprint density at radius 1 is 0.955 bits per heavy atom. The van der Waals surface area contributed by atoms with Crippen LogP contribution >= 0.6 is 0 Å². The Kier molecular flexibility index (Phi) is 7.29. The highest BCUT2D eigenvalue weighted by Crippen LogP contribution is 2.18. The minimum atomic E-state index is -1.14. The smallest absolute Gasteiger partial charge is 0.330 e. The maximum absolute atomic E-state index is 12.1. The molecule has 0 bridgehead atoms. The number of hydrogen-bond donors (Lipinski definition) is 0. The maximum Gasteiger partial charge on any atom is 0.330 e. The third-order valence-corrected chi connectivity index (χ3v) is 2.20. The van der Waals surface area contributed by atoms with Crippen LogP contribution in [-0.4, -0.2) is 35.7 Å². The van der Waals surface area contributed by atoms with Crippen molar-refractivity contribution in [3.05, 3.63) is 12.7 Å². The third kappa shape index (κ3) is 9.15. The summed E-state index contributed by atoms with van der Waals surface area (Å²) in [6.07, 6.45) is 0.999. The minimum Gasteiger partial charge on any atom is -0.463 e. The third-order valence-electron chi connectivity index (χ3n) is 2.20. The predicted molar refractivity (Wildman–Crippen MR) is 81.0 cm³/mol. The van der Waals surface area contributed by atoms with Crippen LogP contribution in [0.25, 0.3) is 0 Å². The maximum atomic E-state index is 12.1. The molecule has 0 aliphatic heterocycles. The lowest BCUT2D eigenvalue weighted by atomic mass is 10.0. The van der Waals surface area contributed by atoms with Gasteiger partial charge in [-0.2, -0.15) is 0 Å². The molecule has 0 fully saturated rings. The van der Waals surface area contributed by atoms with Gasteiger partial charge in [0.1, 0.15) is 11.2 Å². The number of ether oxygens (including phenoxy) is 3. The van der Waals surface area contributed by atoms with Gasteiger partial charge in [0.2, 0.25) is 0 Å². The molecule has 0 spiro atoms. The molecule has 0 aromatic carbocycles. The van der Waals surface area contributed by atoms with Crippen molar-refractivity contribution in [3.63, 3.8) is 0 Å². The number of rotatable bonds is 6. The normalized spacial score (nSPS) is 11.8. The Balaban J connectivity index is 4.90. The second-order valence-electron chi connectivity index (χ2n) is 6.78. The molecular weight excluding hydrogens is 288 g/mol. The van der Waals surface area contributed by atoms with E-state index in [0.29, 0.717) is 0 Å². The van der Waals surface area contributed by atoms with Gasteiger partial charge in [0.15, 0.2) is 5.92 Å². The van der Waals surface area contributed by atoms with Crippen molar-refractivity contribution < 1.29 is 28.6 Å². The molecule has 0 saturated carbocycles. The predicted octanol–water partition coefficient (Wildman–Crippen LogP) is 2.41. The van der Waals surface area contributed by atoms with Crippen LogP contribution in [-0.2, 0) is 28.6 Å². The zero-order valence-electron chi connectivity index (χ0n) is 14.2. The monoisotopic (exact) mass is 314 g/mol. The summed E-state index contributed by atoms with van der Waals surface area (Å²) in [6, 6.07) is 0. The van der Waals surface area contributed by atoms with Gasteiger partial charge in [0, 0.05) is 12.5 Å². The molecule has 126 valence electrons. The van der Waals surface area contributed by atoms with Crippen molar-refractivity contribution in [2.24, 2.45) is 5.92 Å². The Hall–Kier alpha value is -1.85. The molecule has 6 heteroatoms. The molecule has 0 aromatic heterocycles. The van der Waals surface area contributed by atoms with E-state index in [-0.39, 0.29) is 13.0 Å². The van der Waals surface area contributed by atoms with Crippen LogP contribution in [0, 0.1) is 5.92 Å². The summed E-state index contributed by atoms with van der Waals surface area (Å²) in [5.74, 6) is -3.16. The Morgan fingerprint density at radius 2 is 1.36 bits per heavy atom. The second kappa shape index (κ2) is 7.96. The summed E-state index contributed by atoms with van der Waals surface area (Å²) in [4.78, 5) is 35.3. The number of esters is 3. The molecule has 0 N–H and O–H groups in total. The van der Waals surface area contributed by atoms with Gasteiger partial charge in [0.05, 0.1) is 6.61 Å². The fourth-order valence-corrected chi connectivity index (χ4v) is 1.41. The van der Waals surface area contributed by atoms with Crippen LogP contribution in [0.15, 0.2) is 12.7 Å². The van der Waals surface area contributed by atoms with Crippen molar-refractivity contribution >= 4 is 17.9 Å². The summed E-state index contributed by atoms with van der Waals surface area (Å²) in [6.45, 7) is 13.4. The quantitative estimate of drug-likeness (QED) is 0.324. The van der Waals surface area contributed by atoms with E-state index in [0.717, 1.165) is 6.08 Å². The zero-order chi connectivity index (χ0) is 17.6. The molecule has 0 aromatic rings. The van der Waals surface area contributed by atoms with Gasteiger partial charge in [-0.05, 0) is 41.5 Å². The van der Waals surface area contributed by atoms with Crippen LogP contribution in [0.5, 0.6) is 0 Å². The van der Waals surface area contributed by atoms with Crippen molar-refractivity contribution in [1.82, 2.24) is 0 Å². The SMILES string of the molecule is C=CC(=O)OCCC(C(=O)OC(C)(C)C)C(=O)OC(C)(C)C. The van der Waals surface area contributed by atoms with E-state index < -0.39 is 35.0 Å². The van der Waals surface area contributed by atoms with Gasteiger partial charge >= 0.3 is 17.9 Å². The molecule has 0 aliphatic rings. The van der Waals surface area contributed by atoms with E-state index in [1.807, 2.05) is 0 Å². The molecule has 0 radical (unpaired) electrons. The van der Waals surface area contributed by atoms with Crippen molar-refractivity contribution in [1.29, 1.82) is 0 Å². The summed E-state index contributed by atoms with van der Waals surface area (Å²) in [7, 11) is 0. The lowest BCUT2D eigenvalue weighted by Crippen LogP contribution is -2.37. The standard InChI is InChI=1S/C16H26O6/c1-8-12(17)20-10-9-11(13(18)21-15(2,3)4)14(19)22-16(5,6)7/h8,11H,1,9-10H2,2-7H3. The fraction of sp³-hybridized carbons (Fsp3) is 0.688. The lowest BCUT2D eigenvalue weighted by Gasteiger charge is -2.26. The first kappa shape index (κ1) is 20.1. The molecule has 0 rings (SSSR count). The first-order valence-corrected chi connectivity index (χ1v) is 7.10. The summed E-state index contributed by atoms with van der Waals surface area (Å²) >= 11 is 0. The Bertz CT molecular complexity index is 397. The highest BCUT2D eigenvalue weighted by atomic mass is 16.6. The minimum absolute atomic E-state index is 0.0105. The van der Waals surface area contributed by atoms with Gasteiger partial charge in [-0.3, -0.25) is 9.59 Å². The van der Waals surface area contributed by atoms with E-state index in [1.54, 1.807) is 41.5 Å². The van der Waals surface area contributed by atoms with Crippen molar-refractivity contribution in [3.8, 4) is 0 Å². The first-order chi connectivity index (χ1) is 9.85. The molecule has 0 aliphatic carbocycles. The van der Waals surface area contributed by atoms with Crippen LogP contribution < -0.4 is 0 Å². The van der Waals surface area contributed by atoms with E-state index in [4.69, 9.17) is 14.2 Å². The summed E-state index contributed by atoms with van der Waals surface area (Å²) in [5.41, 5.74) is -1.45. The van der Waals surface area contributed by atoms with Gasteiger partial charge in [-0.15, -0.1) is 0 Å². The molecule has 0 atom stereocenters. The molecular formula is C16H26O6. The number of carbonyl (C=O) groups excluding carboxylic acids is 3. The topological polar surface area (TPSA) is 78.9 Å². The van der Waals surface area contributed by atoms with Crippen LogP contribution in [0.4, 0.5) is 0 Å². The first-order valence-electron chi connectivity index (χ1n) is 7.10. The second-order valence-corrected chi connectivity index (χ2v) is 6.78. The van der Waals surface area contributed by atoms with E-state index in [9.17, 15) is 14.4 Å². The molecule has 0 saturated heterocycles. The zero-order valence-corrected chi connectivity index (χ0v) is 14.2. The van der Waals surface area contributed by atoms with Crippen molar-refractivity contribution in [2.75, 3.05) is 6.61 Å². The summed E-state index contributed by atoms with van der Waals surface area (Å²) < 4.78 is 15.2. The highest BCUT2D eigenvalue weighted by Gasteiger charge is 2.34. The lowest BCUT2D eigenvalue weighted by molar-refractivity contribution is -0.176. The molecule has 0 unspecified atom stereocenters. The molecule has 0 heterocycles. The van der Waals surface area contributed by atoms with Crippen LogP contribution in [0.1, 0.15) is 48.0 Å². The Labute approximate surface area is 131 Å². The fourth-order valence-electron chi connectivity index (χ4n) is 1.41. The van der Waals surface area contributed by atoms with Gasteiger partial charge in [-0.1, -0.05) is 6.58 Å². The van der Waals surface area contributed by atoms with Crippen LogP contribution in [0.3, 0.4) is 0 Å². The summed E-state index contributed by atoms with van der Waals surface area (Å²) in [5, 5.41) is 0. The van der Waals surface area contributed by atoms with E-state index in [1.165, 1.54) is 0 Å². The van der Waals surface area contributed by atoms with E-state index in [2.05, 4.69) is 6.58 Å². The van der Waals surface area contributed by atoms with Gasteiger partial charge in [0.25, 0.3) is 0 Å². The average Bonchev–Trinajstić information content (AvgIpc) is 2.29. The number of hydrogen-bond acceptors (Lipinski definition) is 6. The number of carbonyl (C=O) groups is 3. The molecule has 0 amide bonds. The Morgan fingerprint density at radius 3 is 1.68 bits per heavy atom. The van der Waals surface area contributed by atoms with Crippen LogP contribution in [0.2, 0.25) is 0 Å². The largest absolute Gasteiger partial charge is 0.463 e. The van der Waals surface area contributed by atoms with E-state index >= 15 is 0 Å². The molecule has 22 heavy (non-hydrogen) atoms. The highest BCUT2D eigenvalue weighted by molar-refractivity contribution is 5.95. The molecule has 6 nitrogen and oxygen atoms in total. The average molecular weight is 314 g/mol. The van der Waals surface area contributed by atoms with Crippen molar-refractivity contribution in [2.45, 2.75) is 59.2 Å².